The van der Waals surface area contributed by atoms with Gasteiger partial charge in [-0.25, -0.2) is 13.4 Å². The first-order chi connectivity index (χ1) is 14.8. The van der Waals surface area contributed by atoms with Crippen molar-refractivity contribution in [1.82, 2.24) is 9.21 Å². The summed E-state index contributed by atoms with van der Waals surface area (Å²) in [4.78, 5) is 18.7. The van der Waals surface area contributed by atoms with Crippen molar-refractivity contribution in [3.63, 3.8) is 0 Å². The van der Waals surface area contributed by atoms with Gasteiger partial charge in [0.1, 0.15) is 22.8 Å². The van der Waals surface area contributed by atoms with Gasteiger partial charge in [-0.3, -0.25) is 4.79 Å². The number of rotatable bonds is 6. The maximum Gasteiger partial charge on any atom is 0.253 e. The van der Waals surface area contributed by atoms with Crippen LogP contribution in [0.25, 0.3) is 10.1 Å². The van der Waals surface area contributed by atoms with E-state index < -0.39 is 16.1 Å². The number of nitrogens with two attached hydrogens (primary N) is 1. The molecule has 0 saturated carbocycles. The topological polar surface area (TPSA) is 96.1 Å². The smallest absolute Gasteiger partial charge is 0.253 e. The standard InChI is InChI=1S/C21H21ClN4O3S2/c1-25(31(28,29)19-12-15-11-16(22)7-8-18(15)30-19)17-9-10-26(21(17)27)13-24-20(23)14-5-3-2-4-6-14/h2-8,11-12,17H,9-10,13H2,1H3,(H2,23,24)/t17-/m0/s1. The summed E-state index contributed by atoms with van der Waals surface area (Å²) in [5.74, 6) is 0.0570. The molecule has 1 aliphatic heterocycles. The second kappa shape index (κ2) is 8.58. The highest BCUT2D eigenvalue weighted by atomic mass is 35.5. The molecule has 4 rings (SSSR count). The average Bonchev–Trinajstić information content (AvgIpc) is 3.35. The average molecular weight is 477 g/mol. The SMILES string of the molecule is CN([C@H]1CCN(CN=C(N)c2ccccc2)C1=O)S(=O)(=O)c1cc2cc(Cl)ccc2s1. The van der Waals surface area contributed by atoms with Gasteiger partial charge in [-0.15, -0.1) is 11.3 Å². The van der Waals surface area contributed by atoms with Crippen LogP contribution in [0, 0.1) is 0 Å². The lowest BCUT2D eigenvalue weighted by atomic mass is 10.2. The van der Waals surface area contributed by atoms with Crippen molar-refractivity contribution < 1.29 is 13.2 Å². The van der Waals surface area contributed by atoms with Crippen molar-refractivity contribution in [2.75, 3.05) is 20.3 Å². The number of amides is 1. The molecule has 162 valence electrons. The van der Waals surface area contributed by atoms with Crippen LogP contribution in [0.4, 0.5) is 0 Å². The summed E-state index contributed by atoms with van der Waals surface area (Å²) in [7, 11) is -2.38. The Morgan fingerprint density at radius 1 is 1.26 bits per heavy atom. The number of sulfonamides is 1. The number of carbonyl (C=O) groups excluding carboxylic acids is 1. The number of amidine groups is 1. The minimum Gasteiger partial charge on any atom is -0.383 e. The fourth-order valence-electron chi connectivity index (χ4n) is 3.49. The van der Waals surface area contributed by atoms with Crippen molar-refractivity contribution >= 4 is 54.8 Å². The van der Waals surface area contributed by atoms with Gasteiger partial charge in [0.25, 0.3) is 10.0 Å². The Labute approximate surface area is 189 Å². The van der Waals surface area contributed by atoms with Crippen LogP contribution in [0.5, 0.6) is 0 Å². The van der Waals surface area contributed by atoms with Crippen LogP contribution < -0.4 is 5.73 Å². The molecule has 2 heterocycles. The molecule has 7 nitrogen and oxygen atoms in total. The molecule has 0 bridgehead atoms. The van der Waals surface area contributed by atoms with E-state index in [1.54, 1.807) is 24.3 Å². The first kappa shape index (κ1) is 21.8. The highest BCUT2D eigenvalue weighted by Crippen LogP contribution is 2.33. The minimum absolute atomic E-state index is 0.0886. The van der Waals surface area contributed by atoms with E-state index in [-0.39, 0.29) is 16.8 Å². The number of nitrogens with zero attached hydrogens (tertiary/aromatic N) is 3. The third-order valence-electron chi connectivity index (χ3n) is 5.28. The molecule has 0 spiro atoms. The van der Waals surface area contributed by atoms with Crippen LogP contribution in [0.15, 0.2) is 63.8 Å². The van der Waals surface area contributed by atoms with Gasteiger partial charge >= 0.3 is 0 Å². The van der Waals surface area contributed by atoms with E-state index in [1.165, 1.54) is 11.9 Å². The van der Waals surface area contributed by atoms with E-state index in [9.17, 15) is 13.2 Å². The predicted octanol–water partition coefficient (Wildman–Crippen LogP) is 3.14. The Bertz CT molecular complexity index is 1260. The maximum atomic E-state index is 13.2. The van der Waals surface area contributed by atoms with Gasteiger partial charge in [-0.05, 0) is 36.1 Å². The fourth-order valence-corrected chi connectivity index (χ4v) is 6.58. The summed E-state index contributed by atoms with van der Waals surface area (Å²) in [6.07, 6.45) is 0.395. The summed E-state index contributed by atoms with van der Waals surface area (Å²) in [5, 5.41) is 1.30. The lowest BCUT2D eigenvalue weighted by molar-refractivity contribution is -0.130. The van der Waals surface area contributed by atoms with E-state index in [4.69, 9.17) is 17.3 Å². The Hall–Kier alpha value is -2.46. The highest BCUT2D eigenvalue weighted by Gasteiger charge is 2.40. The number of aliphatic imine (C=N–C) groups is 1. The number of likely N-dealkylation sites (N-methyl/N-ethyl adjacent to an activating group) is 1. The normalized spacial score (nSPS) is 17.8. The predicted molar refractivity (Wildman–Crippen MR) is 124 cm³/mol. The van der Waals surface area contributed by atoms with Crippen LogP contribution in [0.1, 0.15) is 12.0 Å². The number of thiophene rings is 1. The molecule has 1 aliphatic rings. The largest absolute Gasteiger partial charge is 0.383 e. The van der Waals surface area contributed by atoms with Crippen LogP contribution in [0.3, 0.4) is 0 Å². The number of carbonyl (C=O) groups is 1. The zero-order valence-electron chi connectivity index (χ0n) is 16.7. The first-order valence-corrected chi connectivity index (χ1v) is 12.2. The molecule has 1 aromatic heterocycles. The minimum atomic E-state index is -3.83. The summed E-state index contributed by atoms with van der Waals surface area (Å²) >= 11 is 7.17. The van der Waals surface area contributed by atoms with Crippen LogP contribution in [-0.4, -0.2) is 55.7 Å². The molecule has 1 atom stereocenters. The van der Waals surface area contributed by atoms with E-state index in [2.05, 4.69) is 4.99 Å². The van der Waals surface area contributed by atoms with E-state index in [1.807, 2.05) is 30.3 Å². The zero-order valence-corrected chi connectivity index (χ0v) is 19.1. The Kier molecular flexibility index (Phi) is 6.02. The van der Waals surface area contributed by atoms with Gasteiger partial charge < -0.3 is 10.6 Å². The maximum absolute atomic E-state index is 13.2. The molecule has 0 radical (unpaired) electrons. The Balaban J connectivity index is 1.49. The molecule has 31 heavy (non-hydrogen) atoms. The number of benzene rings is 2. The molecule has 0 unspecified atom stereocenters. The molecular formula is C21H21ClN4O3S2. The zero-order chi connectivity index (χ0) is 22.2. The van der Waals surface area contributed by atoms with Crippen molar-refractivity contribution in [2.45, 2.75) is 16.7 Å². The molecule has 1 amide bonds. The van der Waals surface area contributed by atoms with Gasteiger partial charge in [0.15, 0.2) is 0 Å². The van der Waals surface area contributed by atoms with Crippen LogP contribution in [-0.2, 0) is 14.8 Å². The van der Waals surface area contributed by atoms with Gasteiger partial charge in [0.2, 0.25) is 5.91 Å². The lowest BCUT2D eigenvalue weighted by Gasteiger charge is -2.22. The van der Waals surface area contributed by atoms with Gasteiger partial charge in [0.05, 0.1) is 0 Å². The van der Waals surface area contributed by atoms with Gasteiger partial charge in [-0.1, -0.05) is 41.9 Å². The summed E-state index contributed by atoms with van der Waals surface area (Å²) in [6, 6.07) is 15.3. The first-order valence-electron chi connectivity index (χ1n) is 9.58. The van der Waals surface area contributed by atoms with Crippen molar-refractivity contribution in [1.29, 1.82) is 0 Å². The van der Waals surface area contributed by atoms with E-state index in [0.717, 1.165) is 31.3 Å². The Morgan fingerprint density at radius 2 is 2.00 bits per heavy atom. The molecule has 10 heteroatoms. The fraction of sp³-hybridized carbons (Fsp3) is 0.238. The number of hydrogen-bond acceptors (Lipinski definition) is 5. The van der Waals surface area contributed by atoms with Crippen LogP contribution >= 0.6 is 22.9 Å². The monoisotopic (exact) mass is 476 g/mol. The van der Waals surface area contributed by atoms with E-state index in [0.29, 0.717) is 23.8 Å². The number of fused-ring (bicyclic) bond motifs is 1. The molecule has 2 aromatic carbocycles. The summed E-state index contributed by atoms with van der Waals surface area (Å²) < 4.78 is 28.5. The second-order valence-electron chi connectivity index (χ2n) is 7.23. The highest BCUT2D eigenvalue weighted by molar-refractivity contribution is 7.91. The molecule has 1 saturated heterocycles. The third kappa shape index (κ3) is 4.31. The van der Waals surface area contributed by atoms with Crippen LogP contribution in [0.2, 0.25) is 5.02 Å². The van der Waals surface area contributed by atoms with Crippen molar-refractivity contribution in [3.05, 3.63) is 65.2 Å². The van der Waals surface area contributed by atoms with E-state index >= 15 is 0 Å². The molecular weight excluding hydrogens is 456 g/mol. The summed E-state index contributed by atoms with van der Waals surface area (Å²) in [6.45, 7) is 0.502. The second-order valence-corrected chi connectivity index (χ2v) is 11.0. The van der Waals surface area contributed by atoms with Crippen molar-refractivity contribution in [3.8, 4) is 0 Å². The number of hydrogen-bond donors (Lipinski definition) is 1. The lowest BCUT2D eigenvalue weighted by Crippen LogP contribution is -2.42. The van der Waals surface area contributed by atoms with Crippen molar-refractivity contribution in [2.24, 2.45) is 10.7 Å². The van der Waals surface area contributed by atoms with Gasteiger partial charge in [-0.2, -0.15) is 4.31 Å². The number of halogens is 1. The molecule has 1 fully saturated rings. The Morgan fingerprint density at radius 3 is 2.74 bits per heavy atom. The molecule has 0 aliphatic carbocycles. The molecule has 2 N–H and O–H groups in total. The quantitative estimate of drug-likeness (QED) is 0.436. The third-order valence-corrected chi connectivity index (χ3v) is 8.95. The molecule has 3 aromatic rings. The number of likely N-dealkylation sites (tertiary alicyclic amines) is 1. The summed E-state index contributed by atoms with van der Waals surface area (Å²) in [5.41, 5.74) is 6.78. The van der Waals surface area contributed by atoms with Gasteiger partial charge in [0, 0.05) is 28.9 Å².